The Morgan fingerprint density at radius 2 is 1.25 bits per heavy atom. The molecule has 0 radical (unpaired) electrons. The van der Waals surface area contributed by atoms with Gasteiger partial charge in [0.2, 0.25) is 0 Å². The lowest BCUT2D eigenvalue weighted by molar-refractivity contribution is 0.224. The first-order chi connectivity index (χ1) is 9.68. The molecule has 0 amide bonds. The van der Waals surface area contributed by atoms with Crippen LogP contribution in [0.2, 0.25) is 0 Å². The third-order valence-corrected chi connectivity index (χ3v) is 2.72. The molecule has 0 aliphatic rings. The Kier molecular flexibility index (Phi) is 4.71. The van der Waals surface area contributed by atoms with Crippen LogP contribution in [0, 0.1) is 0 Å². The maximum absolute atomic E-state index is 12.5. The lowest BCUT2D eigenvalue weighted by Crippen LogP contribution is -2.06. The lowest BCUT2D eigenvalue weighted by Gasteiger charge is -2.05. The molecule has 2 aromatic carbocycles. The summed E-state index contributed by atoms with van der Waals surface area (Å²) in [5.74, 6) is 0. The van der Waals surface area contributed by atoms with Gasteiger partial charge in [0.15, 0.2) is 0 Å². The highest BCUT2D eigenvalue weighted by Gasteiger charge is 2.09. The van der Waals surface area contributed by atoms with Gasteiger partial charge in [-0.25, -0.2) is 8.78 Å². The van der Waals surface area contributed by atoms with Gasteiger partial charge in [-0.15, -0.1) is 5.10 Å². The van der Waals surface area contributed by atoms with E-state index < -0.39 is 6.43 Å². The quantitative estimate of drug-likeness (QED) is 0.589. The molecule has 102 valence electrons. The molecule has 0 fully saturated rings. The number of alkyl halides is 2. The summed E-state index contributed by atoms with van der Waals surface area (Å²) in [6, 6.07) is 18.8. The number of hydrogen-bond acceptors (Lipinski definition) is 2. The second-order valence-corrected chi connectivity index (χ2v) is 4.22. The van der Waals surface area contributed by atoms with Crippen LogP contribution in [0.15, 0.2) is 70.9 Å². The van der Waals surface area contributed by atoms with Crippen LogP contribution in [0.5, 0.6) is 0 Å². The lowest BCUT2D eigenvalue weighted by atomic mass is 10.0. The zero-order chi connectivity index (χ0) is 14.4. The van der Waals surface area contributed by atoms with E-state index in [0.29, 0.717) is 5.71 Å². The van der Waals surface area contributed by atoms with Gasteiger partial charge < -0.3 is 0 Å². The van der Waals surface area contributed by atoms with E-state index in [9.17, 15) is 8.78 Å². The monoisotopic (exact) mass is 272 g/mol. The van der Waals surface area contributed by atoms with Crippen molar-refractivity contribution in [1.29, 1.82) is 0 Å². The van der Waals surface area contributed by atoms with E-state index in [1.54, 1.807) is 0 Å². The molecule has 0 unspecified atom stereocenters. The van der Waals surface area contributed by atoms with E-state index in [4.69, 9.17) is 0 Å². The molecule has 0 bridgehead atoms. The van der Waals surface area contributed by atoms with Crippen molar-refractivity contribution >= 4 is 11.4 Å². The number of benzene rings is 2. The third-order valence-electron chi connectivity index (χ3n) is 2.72. The molecular formula is C16H14F2N2. The van der Waals surface area contributed by atoms with Crippen molar-refractivity contribution < 1.29 is 8.78 Å². The van der Waals surface area contributed by atoms with Gasteiger partial charge in [0.25, 0.3) is 6.43 Å². The molecule has 2 nitrogen and oxygen atoms in total. The Morgan fingerprint density at radius 1 is 0.800 bits per heavy atom. The van der Waals surface area contributed by atoms with Crippen LogP contribution in [-0.4, -0.2) is 17.8 Å². The standard InChI is InChI=1S/C16H14F2N2/c1-12(16(17)18)19-20-15(13-8-4-2-5-9-13)14-10-6-3-7-11-14/h2-11,16H,1H3/b19-12-. The van der Waals surface area contributed by atoms with Crippen LogP contribution in [-0.2, 0) is 0 Å². The Balaban J connectivity index is 2.46. The van der Waals surface area contributed by atoms with Gasteiger partial charge in [-0.05, 0) is 6.92 Å². The fraction of sp³-hybridized carbons (Fsp3) is 0.125. The summed E-state index contributed by atoms with van der Waals surface area (Å²) in [4.78, 5) is 0. The Labute approximate surface area is 116 Å². The van der Waals surface area contributed by atoms with E-state index in [1.165, 1.54) is 6.92 Å². The van der Waals surface area contributed by atoms with Crippen molar-refractivity contribution in [2.45, 2.75) is 13.3 Å². The van der Waals surface area contributed by atoms with Gasteiger partial charge in [-0.3, -0.25) is 0 Å². The summed E-state index contributed by atoms with van der Waals surface area (Å²) < 4.78 is 25.0. The first-order valence-corrected chi connectivity index (χ1v) is 6.19. The van der Waals surface area contributed by atoms with Gasteiger partial charge in [0, 0.05) is 11.1 Å². The molecule has 0 aliphatic carbocycles. The molecule has 0 N–H and O–H groups in total. The zero-order valence-corrected chi connectivity index (χ0v) is 11.0. The molecule has 0 aliphatic heterocycles. The predicted octanol–water partition coefficient (Wildman–Crippen LogP) is 4.17. The minimum atomic E-state index is -2.59. The summed E-state index contributed by atoms with van der Waals surface area (Å²) >= 11 is 0. The molecule has 0 saturated carbocycles. The van der Waals surface area contributed by atoms with E-state index in [1.807, 2.05) is 60.7 Å². The second-order valence-electron chi connectivity index (χ2n) is 4.22. The van der Waals surface area contributed by atoms with Gasteiger partial charge in [0.05, 0.1) is 0 Å². The largest absolute Gasteiger partial charge is 0.278 e. The fourth-order valence-corrected chi connectivity index (χ4v) is 1.65. The highest BCUT2D eigenvalue weighted by molar-refractivity contribution is 6.13. The van der Waals surface area contributed by atoms with Crippen molar-refractivity contribution in [1.82, 2.24) is 0 Å². The average Bonchev–Trinajstić information content (AvgIpc) is 2.49. The van der Waals surface area contributed by atoms with Crippen molar-refractivity contribution in [2.75, 3.05) is 0 Å². The molecule has 2 rings (SSSR count). The molecule has 2 aromatic rings. The van der Waals surface area contributed by atoms with Crippen LogP contribution in [0.25, 0.3) is 0 Å². The van der Waals surface area contributed by atoms with Crippen LogP contribution in [0.3, 0.4) is 0 Å². The van der Waals surface area contributed by atoms with Gasteiger partial charge in [-0.2, -0.15) is 5.10 Å². The maximum Gasteiger partial charge on any atom is 0.278 e. The molecular weight excluding hydrogens is 258 g/mol. The smallest absolute Gasteiger partial charge is 0.204 e. The predicted molar refractivity (Wildman–Crippen MR) is 77.6 cm³/mol. The number of hydrogen-bond donors (Lipinski definition) is 0. The molecule has 4 heteroatoms. The number of rotatable bonds is 4. The molecule has 0 aromatic heterocycles. The Morgan fingerprint density at radius 3 is 1.65 bits per heavy atom. The van der Waals surface area contributed by atoms with Crippen molar-refractivity contribution in [2.24, 2.45) is 10.2 Å². The Hall–Kier alpha value is -2.36. The van der Waals surface area contributed by atoms with Crippen LogP contribution in [0.4, 0.5) is 8.78 Å². The minimum absolute atomic E-state index is 0.297. The highest BCUT2D eigenvalue weighted by Crippen LogP contribution is 2.11. The summed E-state index contributed by atoms with van der Waals surface area (Å²) in [5.41, 5.74) is 1.95. The number of halogens is 2. The molecule has 0 saturated heterocycles. The van der Waals surface area contributed by atoms with E-state index in [0.717, 1.165) is 11.1 Å². The molecule has 0 heterocycles. The van der Waals surface area contributed by atoms with Gasteiger partial charge in [0.1, 0.15) is 11.4 Å². The van der Waals surface area contributed by atoms with Crippen LogP contribution in [0.1, 0.15) is 18.1 Å². The summed E-state index contributed by atoms with van der Waals surface area (Å²) in [5, 5.41) is 7.64. The fourth-order valence-electron chi connectivity index (χ4n) is 1.65. The second kappa shape index (κ2) is 6.70. The highest BCUT2D eigenvalue weighted by atomic mass is 19.3. The Bertz CT molecular complexity index is 563. The summed E-state index contributed by atoms with van der Waals surface area (Å²) in [6.07, 6.45) is -2.59. The SMILES string of the molecule is C/C(=N/N=C(c1ccccc1)c1ccccc1)C(F)F. The zero-order valence-electron chi connectivity index (χ0n) is 11.0. The maximum atomic E-state index is 12.5. The third kappa shape index (κ3) is 3.57. The van der Waals surface area contributed by atoms with Gasteiger partial charge >= 0.3 is 0 Å². The molecule has 0 atom stereocenters. The van der Waals surface area contributed by atoms with Crippen LogP contribution < -0.4 is 0 Å². The van der Waals surface area contributed by atoms with Gasteiger partial charge in [-0.1, -0.05) is 60.7 Å². The van der Waals surface area contributed by atoms with E-state index in [2.05, 4.69) is 10.2 Å². The molecule has 20 heavy (non-hydrogen) atoms. The van der Waals surface area contributed by atoms with E-state index in [-0.39, 0.29) is 5.71 Å². The topological polar surface area (TPSA) is 24.7 Å². The molecule has 0 spiro atoms. The van der Waals surface area contributed by atoms with Crippen LogP contribution >= 0.6 is 0 Å². The van der Waals surface area contributed by atoms with Crippen molar-refractivity contribution in [3.63, 3.8) is 0 Å². The summed E-state index contributed by atoms with van der Waals surface area (Å²) in [7, 11) is 0. The van der Waals surface area contributed by atoms with E-state index >= 15 is 0 Å². The first-order valence-electron chi connectivity index (χ1n) is 6.19. The van der Waals surface area contributed by atoms with Crippen molar-refractivity contribution in [3.8, 4) is 0 Å². The minimum Gasteiger partial charge on any atom is -0.204 e. The normalized spacial score (nSPS) is 11.5. The average molecular weight is 272 g/mol. The number of nitrogens with zero attached hydrogens (tertiary/aromatic N) is 2. The first kappa shape index (κ1) is 14.1. The van der Waals surface area contributed by atoms with Crippen molar-refractivity contribution in [3.05, 3.63) is 71.8 Å². The summed E-state index contributed by atoms with van der Waals surface area (Å²) in [6.45, 7) is 1.27.